The second-order valence-corrected chi connectivity index (χ2v) is 10.4. The van der Waals surface area contributed by atoms with Gasteiger partial charge in [0.25, 0.3) is 0 Å². The van der Waals surface area contributed by atoms with Crippen LogP contribution < -0.4 is 5.32 Å². The van der Waals surface area contributed by atoms with Crippen molar-refractivity contribution in [3.63, 3.8) is 0 Å². The maximum atomic E-state index is 13.5. The number of aliphatic hydroxyl groups excluding tert-OH is 1. The van der Waals surface area contributed by atoms with Crippen molar-refractivity contribution in [2.75, 3.05) is 0 Å². The van der Waals surface area contributed by atoms with Crippen LogP contribution in [0.1, 0.15) is 30.5 Å². The smallest absolute Gasteiger partial charge is 0.361 e. The summed E-state index contributed by atoms with van der Waals surface area (Å²) < 4.78 is 67.0. The van der Waals surface area contributed by atoms with Crippen molar-refractivity contribution in [2.24, 2.45) is 0 Å². The van der Waals surface area contributed by atoms with Crippen molar-refractivity contribution < 1.29 is 26.7 Å². The molecule has 190 valence electrons. The molecule has 4 rings (SSSR count). The molecule has 0 spiro atoms. The van der Waals surface area contributed by atoms with Crippen LogP contribution in [0, 0.1) is 22.7 Å². The highest BCUT2D eigenvalue weighted by Crippen LogP contribution is 2.39. The minimum absolute atomic E-state index is 0.0241. The zero-order valence-electron chi connectivity index (χ0n) is 19.4. The summed E-state index contributed by atoms with van der Waals surface area (Å²) in [6.07, 6.45) is -2.67. The molecule has 7 nitrogen and oxygen atoms in total. The van der Waals surface area contributed by atoms with Crippen LogP contribution in [-0.4, -0.2) is 37.0 Å². The molecular weight excluding hydrogens is 505 g/mol. The first kappa shape index (κ1) is 26.2. The Morgan fingerprint density at radius 3 is 2.43 bits per heavy atom. The third kappa shape index (κ3) is 4.89. The number of rotatable bonds is 4. The summed E-state index contributed by atoms with van der Waals surface area (Å²) in [5, 5.41) is 33.2. The average Bonchev–Trinajstić information content (AvgIpc) is 2.88. The van der Waals surface area contributed by atoms with Gasteiger partial charge in [0, 0.05) is 5.70 Å². The van der Waals surface area contributed by atoms with Crippen molar-refractivity contribution in [3.05, 3.63) is 94.7 Å². The average molecular weight is 527 g/mol. The molecule has 2 aromatic rings. The molecule has 0 aromatic heterocycles. The Balaban J connectivity index is 1.84. The Morgan fingerprint density at radius 1 is 1.11 bits per heavy atom. The van der Waals surface area contributed by atoms with E-state index >= 15 is 0 Å². The van der Waals surface area contributed by atoms with Crippen molar-refractivity contribution in [3.8, 4) is 12.1 Å². The van der Waals surface area contributed by atoms with Gasteiger partial charge in [-0.1, -0.05) is 36.4 Å². The van der Waals surface area contributed by atoms with E-state index in [0.717, 1.165) is 12.2 Å². The first-order valence-corrected chi connectivity index (χ1v) is 12.6. The fourth-order valence-corrected chi connectivity index (χ4v) is 6.06. The number of nitrogens with one attached hydrogen (secondary N) is 1. The normalized spacial score (nSPS) is 22.3. The van der Waals surface area contributed by atoms with Crippen molar-refractivity contribution in [1.82, 2.24) is 10.2 Å². The molecule has 0 fully saturated rings. The molecule has 2 aromatic carbocycles. The number of benzene rings is 2. The maximum absolute atomic E-state index is 13.5. The van der Waals surface area contributed by atoms with E-state index in [0.29, 0.717) is 0 Å². The standard InChI is InChI=1S/C26H21F3N4O3S/c1-16-22(15-31)24(32-25(34)33(16)19-7-5-6-18(13-19)26(27,28)29)21-11-10-17(14-30)12-23(21)37(35,36)20-8-3-2-4-9-20/h2-6,8-13,19,24-25,32,34H,7H2,1H3. The zero-order chi connectivity index (χ0) is 27.0. The monoisotopic (exact) mass is 526 g/mol. The van der Waals surface area contributed by atoms with Crippen LogP contribution >= 0.6 is 0 Å². The summed E-state index contributed by atoms with van der Waals surface area (Å²) in [7, 11) is -4.14. The van der Waals surface area contributed by atoms with Crippen molar-refractivity contribution in [2.45, 2.75) is 47.7 Å². The van der Waals surface area contributed by atoms with Crippen LogP contribution in [0.5, 0.6) is 0 Å². The van der Waals surface area contributed by atoms with Gasteiger partial charge in [-0.3, -0.25) is 5.32 Å². The molecule has 1 aliphatic carbocycles. The quantitative estimate of drug-likeness (QED) is 0.612. The number of halogens is 3. The number of allylic oxidation sites excluding steroid dienone is 3. The van der Waals surface area contributed by atoms with Crippen LogP contribution in [0.2, 0.25) is 0 Å². The van der Waals surface area contributed by atoms with Gasteiger partial charge in [-0.2, -0.15) is 23.7 Å². The Hall–Kier alpha value is -3.90. The summed E-state index contributed by atoms with van der Waals surface area (Å²) in [6, 6.07) is 13.5. The predicted molar refractivity (Wildman–Crippen MR) is 127 cm³/mol. The minimum atomic E-state index is -4.58. The van der Waals surface area contributed by atoms with Gasteiger partial charge in [-0.15, -0.1) is 0 Å². The molecule has 0 saturated heterocycles. The maximum Gasteiger partial charge on any atom is 0.416 e. The number of alkyl halides is 3. The van der Waals surface area contributed by atoms with Crippen molar-refractivity contribution in [1.29, 1.82) is 10.5 Å². The number of sulfone groups is 1. The third-order valence-electron chi connectivity index (χ3n) is 6.29. The number of nitrogens with zero attached hydrogens (tertiary/aromatic N) is 3. The first-order valence-electron chi connectivity index (χ1n) is 11.1. The van der Waals surface area contributed by atoms with E-state index in [1.165, 1.54) is 48.2 Å². The van der Waals surface area contributed by atoms with Crippen LogP contribution in [-0.2, 0) is 9.84 Å². The zero-order valence-corrected chi connectivity index (χ0v) is 20.3. The molecule has 0 bridgehead atoms. The lowest BCUT2D eigenvalue weighted by atomic mass is 9.93. The fourth-order valence-electron chi connectivity index (χ4n) is 4.51. The summed E-state index contributed by atoms with van der Waals surface area (Å²) in [6.45, 7) is 1.49. The topological polar surface area (TPSA) is 117 Å². The van der Waals surface area contributed by atoms with Gasteiger partial charge in [0.1, 0.15) is 0 Å². The Bertz CT molecular complexity index is 1500. The molecule has 0 saturated carbocycles. The van der Waals surface area contributed by atoms with Crippen LogP contribution in [0.3, 0.4) is 0 Å². The van der Waals surface area contributed by atoms with Gasteiger partial charge >= 0.3 is 6.18 Å². The summed E-state index contributed by atoms with van der Waals surface area (Å²) in [5.41, 5.74) is -0.449. The molecule has 37 heavy (non-hydrogen) atoms. The molecule has 11 heteroatoms. The van der Waals surface area contributed by atoms with Crippen LogP contribution in [0.25, 0.3) is 0 Å². The molecule has 0 radical (unpaired) electrons. The fraction of sp³-hybridized carbons (Fsp3) is 0.231. The molecule has 1 aliphatic heterocycles. The second kappa shape index (κ2) is 9.87. The number of aliphatic hydroxyl groups is 1. The summed E-state index contributed by atoms with van der Waals surface area (Å²) >= 11 is 0. The molecule has 2 N–H and O–H groups in total. The molecule has 0 amide bonds. The number of hydrogen-bond donors (Lipinski definition) is 2. The molecule has 2 aliphatic rings. The van der Waals surface area contributed by atoms with E-state index in [4.69, 9.17) is 0 Å². The third-order valence-corrected chi connectivity index (χ3v) is 8.12. The Kier molecular flexibility index (Phi) is 6.98. The summed E-state index contributed by atoms with van der Waals surface area (Å²) in [4.78, 5) is 1.01. The highest BCUT2D eigenvalue weighted by atomic mass is 32.2. The lowest BCUT2D eigenvalue weighted by molar-refractivity contribution is -0.0901. The molecular formula is C26H21F3N4O3S. The van der Waals surface area contributed by atoms with Gasteiger partial charge < -0.3 is 10.0 Å². The number of hydrogen-bond acceptors (Lipinski definition) is 7. The van der Waals surface area contributed by atoms with E-state index in [1.807, 2.05) is 12.1 Å². The molecule has 1 heterocycles. The van der Waals surface area contributed by atoms with E-state index in [-0.39, 0.29) is 38.6 Å². The highest BCUT2D eigenvalue weighted by Gasteiger charge is 2.40. The molecule has 3 atom stereocenters. The SMILES string of the molecule is CC1=C(C#N)C(c2ccc(C#N)cc2S(=O)(=O)c2ccccc2)NC(O)N1C1C=C(C(F)(F)F)C=CC1. The van der Waals surface area contributed by atoms with Crippen LogP contribution in [0.4, 0.5) is 13.2 Å². The second-order valence-electron chi connectivity index (χ2n) is 8.50. The van der Waals surface area contributed by atoms with Gasteiger partial charge in [0.2, 0.25) is 9.84 Å². The first-order chi connectivity index (χ1) is 17.5. The summed E-state index contributed by atoms with van der Waals surface area (Å²) in [5.74, 6) is 0. The Morgan fingerprint density at radius 2 is 1.81 bits per heavy atom. The van der Waals surface area contributed by atoms with Gasteiger partial charge in [-0.05, 0) is 49.2 Å². The van der Waals surface area contributed by atoms with E-state index in [9.17, 15) is 37.2 Å². The van der Waals surface area contributed by atoms with Gasteiger partial charge in [-0.25, -0.2) is 8.42 Å². The van der Waals surface area contributed by atoms with E-state index in [1.54, 1.807) is 18.2 Å². The van der Waals surface area contributed by atoms with Crippen LogP contribution in [0.15, 0.2) is 93.4 Å². The van der Waals surface area contributed by atoms with Gasteiger partial charge in [0.05, 0.1) is 50.7 Å². The lowest BCUT2D eigenvalue weighted by Gasteiger charge is -2.44. The highest BCUT2D eigenvalue weighted by molar-refractivity contribution is 7.91. The number of nitriles is 2. The largest absolute Gasteiger partial charge is 0.416 e. The Labute approximate surface area is 212 Å². The predicted octanol–water partition coefficient (Wildman–Crippen LogP) is 4.23. The molecule has 3 unspecified atom stereocenters. The van der Waals surface area contributed by atoms with Crippen molar-refractivity contribution >= 4 is 9.84 Å². The van der Waals surface area contributed by atoms with E-state index in [2.05, 4.69) is 5.32 Å². The lowest BCUT2D eigenvalue weighted by Crippen LogP contribution is -2.54. The van der Waals surface area contributed by atoms with Gasteiger partial charge in [0.15, 0.2) is 6.35 Å². The van der Waals surface area contributed by atoms with E-state index < -0.39 is 40.0 Å². The minimum Gasteiger partial charge on any atom is -0.361 e.